The predicted octanol–water partition coefficient (Wildman–Crippen LogP) is 5.42. The predicted molar refractivity (Wildman–Crippen MR) is 113 cm³/mol. The average molecular weight is 370 g/mol. The Morgan fingerprint density at radius 1 is 1.04 bits per heavy atom. The van der Waals surface area contributed by atoms with Crippen LogP contribution in [0.2, 0.25) is 0 Å². The lowest BCUT2D eigenvalue weighted by Gasteiger charge is -2.45. The maximum absolute atomic E-state index is 5.23. The molecule has 0 aliphatic carbocycles. The summed E-state index contributed by atoms with van der Waals surface area (Å²) in [5, 5.41) is 3.66. The molecule has 0 radical (unpaired) electrons. The molecule has 140 valence electrons. The van der Waals surface area contributed by atoms with Crippen LogP contribution in [0.5, 0.6) is 5.75 Å². The van der Waals surface area contributed by atoms with Crippen molar-refractivity contribution in [3.05, 3.63) is 65.7 Å². The van der Waals surface area contributed by atoms with Gasteiger partial charge in [-0.3, -0.25) is 0 Å². The van der Waals surface area contributed by atoms with Crippen molar-refractivity contribution in [1.29, 1.82) is 0 Å². The van der Waals surface area contributed by atoms with Gasteiger partial charge >= 0.3 is 0 Å². The minimum absolute atomic E-state index is 0.295. The van der Waals surface area contributed by atoms with E-state index in [0.717, 1.165) is 18.8 Å². The van der Waals surface area contributed by atoms with Gasteiger partial charge in [-0.1, -0.05) is 56.3 Å². The second-order valence-electron chi connectivity index (χ2n) is 7.96. The third kappa shape index (κ3) is 4.83. The standard InChI is InChI=1S/C23H31NOS/c1-22(2)18-23(14-16-26-22,20-7-5-4-6-8-20)13-15-24-17-19-9-11-21(25-3)12-10-19/h4-12,24H,13-18H2,1-3H3. The van der Waals surface area contributed by atoms with Crippen LogP contribution in [0.25, 0.3) is 0 Å². The van der Waals surface area contributed by atoms with E-state index in [2.05, 4.69) is 73.4 Å². The molecule has 0 spiro atoms. The van der Waals surface area contributed by atoms with E-state index in [1.165, 1.54) is 36.1 Å². The summed E-state index contributed by atoms with van der Waals surface area (Å²) >= 11 is 2.12. The van der Waals surface area contributed by atoms with Crippen molar-refractivity contribution in [3.63, 3.8) is 0 Å². The molecular formula is C23H31NOS. The number of hydrogen-bond acceptors (Lipinski definition) is 3. The highest BCUT2D eigenvalue weighted by Gasteiger charge is 2.41. The van der Waals surface area contributed by atoms with Gasteiger partial charge < -0.3 is 10.1 Å². The van der Waals surface area contributed by atoms with Gasteiger partial charge in [0.1, 0.15) is 5.75 Å². The zero-order valence-electron chi connectivity index (χ0n) is 16.3. The van der Waals surface area contributed by atoms with Gasteiger partial charge in [-0.05, 0) is 60.2 Å². The SMILES string of the molecule is COc1ccc(CNCCC2(c3ccccc3)CCSC(C)(C)C2)cc1. The van der Waals surface area contributed by atoms with Gasteiger partial charge in [0.2, 0.25) is 0 Å². The van der Waals surface area contributed by atoms with E-state index < -0.39 is 0 Å². The first-order valence-electron chi connectivity index (χ1n) is 9.56. The summed E-state index contributed by atoms with van der Waals surface area (Å²) in [6.45, 7) is 6.76. The molecule has 2 aromatic carbocycles. The van der Waals surface area contributed by atoms with Crippen LogP contribution in [0, 0.1) is 0 Å². The number of thioether (sulfide) groups is 1. The van der Waals surface area contributed by atoms with Crippen LogP contribution >= 0.6 is 11.8 Å². The normalized spacial score (nSPS) is 22.1. The summed E-state index contributed by atoms with van der Waals surface area (Å²) in [6.07, 6.45) is 3.71. The van der Waals surface area contributed by atoms with Gasteiger partial charge in [0, 0.05) is 11.3 Å². The summed E-state index contributed by atoms with van der Waals surface area (Å²) in [7, 11) is 1.71. The Kier molecular flexibility index (Phi) is 6.31. The zero-order chi connectivity index (χ0) is 18.5. The molecule has 1 aliphatic heterocycles. The maximum atomic E-state index is 5.23. The van der Waals surface area contributed by atoms with Crippen LogP contribution < -0.4 is 10.1 Å². The lowest BCUT2D eigenvalue weighted by molar-refractivity contribution is 0.306. The Balaban J connectivity index is 1.63. The summed E-state index contributed by atoms with van der Waals surface area (Å²) < 4.78 is 5.58. The molecule has 1 saturated heterocycles. The third-order valence-corrected chi connectivity index (χ3v) is 6.83. The lowest BCUT2D eigenvalue weighted by atomic mass is 9.69. The van der Waals surface area contributed by atoms with Crippen LogP contribution in [0.3, 0.4) is 0 Å². The fourth-order valence-electron chi connectivity index (χ4n) is 4.18. The van der Waals surface area contributed by atoms with Crippen molar-refractivity contribution in [2.45, 2.75) is 49.8 Å². The van der Waals surface area contributed by atoms with E-state index in [-0.39, 0.29) is 0 Å². The highest BCUT2D eigenvalue weighted by molar-refractivity contribution is 8.00. The Hall–Kier alpha value is -1.45. The van der Waals surface area contributed by atoms with E-state index in [0.29, 0.717) is 10.2 Å². The second-order valence-corrected chi connectivity index (χ2v) is 9.76. The van der Waals surface area contributed by atoms with Crippen molar-refractivity contribution < 1.29 is 4.74 Å². The molecule has 1 unspecified atom stereocenters. The van der Waals surface area contributed by atoms with Gasteiger partial charge in [-0.15, -0.1) is 0 Å². The first-order chi connectivity index (χ1) is 12.5. The second kappa shape index (κ2) is 8.49. The van der Waals surface area contributed by atoms with E-state index in [1.54, 1.807) is 7.11 Å². The van der Waals surface area contributed by atoms with Crippen molar-refractivity contribution in [2.24, 2.45) is 0 Å². The third-order valence-electron chi connectivity index (χ3n) is 5.49. The van der Waals surface area contributed by atoms with Crippen molar-refractivity contribution in [1.82, 2.24) is 5.32 Å². The molecule has 26 heavy (non-hydrogen) atoms. The molecule has 0 aromatic heterocycles. The van der Waals surface area contributed by atoms with Gasteiger partial charge in [-0.25, -0.2) is 0 Å². The summed E-state index contributed by atoms with van der Waals surface area (Å²) in [5.41, 5.74) is 3.11. The summed E-state index contributed by atoms with van der Waals surface area (Å²) in [4.78, 5) is 0. The highest BCUT2D eigenvalue weighted by atomic mass is 32.2. The first kappa shape index (κ1) is 19.3. The van der Waals surface area contributed by atoms with Crippen molar-refractivity contribution in [2.75, 3.05) is 19.4 Å². The highest BCUT2D eigenvalue weighted by Crippen LogP contribution is 2.49. The van der Waals surface area contributed by atoms with Crippen molar-refractivity contribution >= 4 is 11.8 Å². The first-order valence-corrected chi connectivity index (χ1v) is 10.5. The molecule has 1 atom stereocenters. The Morgan fingerprint density at radius 3 is 2.42 bits per heavy atom. The molecule has 0 bridgehead atoms. The largest absolute Gasteiger partial charge is 0.497 e. The molecule has 0 saturated carbocycles. The Labute approximate surface area is 162 Å². The minimum atomic E-state index is 0.295. The quantitative estimate of drug-likeness (QED) is 0.659. The van der Waals surface area contributed by atoms with E-state index in [1.807, 2.05) is 12.1 Å². The topological polar surface area (TPSA) is 21.3 Å². The van der Waals surface area contributed by atoms with E-state index in [9.17, 15) is 0 Å². The fourth-order valence-corrected chi connectivity index (χ4v) is 5.60. The van der Waals surface area contributed by atoms with E-state index >= 15 is 0 Å². The summed E-state index contributed by atoms with van der Waals surface area (Å²) in [6, 6.07) is 19.5. The molecular weight excluding hydrogens is 338 g/mol. The number of ether oxygens (including phenoxy) is 1. The van der Waals surface area contributed by atoms with Crippen molar-refractivity contribution in [3.8, 4) is 5.75 Å². The molecule has 3 heteroatoms. The number of methoxy groups -OCH3 is 1. The monoisotopic (exact) mass is 369 g/mol. The maximum Gasteiger partial charge on any atom is 0.118 e. The molecule has 1 fully saturated rings. The van der Waals surface area contributed by atoms with Crippen LogP contribution in [0.4, 0.5) is 0 Å². The van der Waals surface area contributed by atoms with E-state index in [4.69, 9.17) is 4.74 Å². The number of benzene rings is 2. The molecule has 0 amide bonds. The molecule has 2 aromatic rings. The zero-order valence-corrected chi connectivity index (χ0v) is 17.1. The van der Waals surface area contributed by atoms with Crippen LogP contribution in [-0.4, -0.2) is 24.2 Å². The Morgan fingerprint density at radius 2 is 1.77 bits per heavy atom. The van der Waals surface area contributed by atoms with Crippen LogP contribution in [0.15, 0.2) is 54.6 Å². The van der Waals surface area contributed by atoms with Gasteiger partial charge in [-0.2, -0.15) is 11.8 Å². The molecule has 1 aliphatic rings. The van der Waals surface area contributed by atoms with Gasteiger partial charge in [0.05, 0.1) is 7.11 Å². The minimum Gasteiger partial charge on any atom is -0.497 e. The fraction of sp³-hybridized carbons (Fsp3) is 0.478. The number of hydrogen-bond donors (Lipinski definition) is 1. The average Bonchev–Trinajstić information content (AvgIpc) is 2.66. The molecule has 3 rings (SSSR count). The van der Waals surface area contributed by atoms with Crippen LogP contribution in [0.1, 0.15) is 44.2 Å². The van der Waals surface area contributed by atoms with Crippen LogP contribution in [-0.2, 0) is 12.0 Å². The smallest absolute Gasteiger partial charge is 0.118 e. The lowest BCUT2D eigenvalue weighted by Crippen LogP contribution is -2.41. The Bertz CT molecular complexity index is 683. The van der Waals surface area contributed by atoms with Gasteiger partial charge in [0.25, 0.3) is 0 Å². The molecule has 2 nitrogen and oxygen atoms in total. The molecule has 1 heterocycles. The molecule has 1 N–H and O–H groups in total. The number of nitrogens with one attached hydrogen (secondary N) is 1. The summed E-state index contributed by atoms with van der Waals surface area (Å²) in [5.74, 6) is 2.17. The van der Waals surface area contributed by atoms with Gasteiger partial charge in [0.15, 0.2) is 0 Å². The number of rotatable bonds is 7.